The van der Waals surface area contributed by atoms with Crippen LogP contribution in [0.1, 0.15) is 6.42 Å². The topological polar surface area (TPSA) is 29.1 Å². The number of halogens is 2. The Kier molecular flexibility index (Phi) is 4.41. The van der Waals surface area contributed by atoms with Gasteiger partial charge in [0.1, 0.15) is 5.82 Å². The molecule has 0 radical (unpaired) electrons. The maximum absolute atomic E-state index is 12.7. The molecule has 0 aliphatic carbocycles. The summed E-state index contributed by atoms with van der Waals surface area (Å²) in [4.78, 5) is 11.2. The average Bonchev–Trinajstić information content (AvgIpc) is 2.10. The Hall–Kier alpha value is -0.550. The Balaban J connectivity index is 2.72. The van der Waals surface area contributed by atoms with Gasteiger partial charge in [0, 0.05) is 10.9 Å². The van der Waals surface area contributed by atoms with Crippen molar-refractivity contribution >= 4 is 40.2 Å². The van der Waals surface area contributed by atoms with E-state index in [0.29, 0.717) is 22.3 Å². The summed E-state index contributed by atoms with van der Waals surface area (Å²) in [5, 5.41) is 2.64. The van der Waals surface area contributed by atoms with Crippen LogP contribution in [0.5, 0.6) is 0 Å². The summed E-state index contributed by atoms with van der Waals surface area (Å²) >= 11 is 7.09. The highest BCUT2D eigenvalue weighted by molar-refractivity contribution is 9.10. The van der Waals surface area contributed by atoms with Crippen LogP contribution in [0, 0.1) is 5.82 Å². The molecule has 2 nitrogen and oxygen atoms in total. The molecule has 14 heavy (non-hydrogen) atoms. The second-order valence-corrected chi connectivity index (χ2v) is 3.95. The molecule has 0 atom stereocenters. The molecular formula is C9H9BrFNOS. The predicted molar refractivity (Wildman–Crippen MR) is 61.2 cm³/mol. The van der Waals surface area contributed by atoms with Crippen molar-refractivity contribution in [2.24, 2.45) is 0 Å². The van der Waals surface area contributed by atoms with Gasteiger partial charge in [-0.25, -0.2) is 4.39 Å². The summed E-state index contributed by atoms with van der Waals surface area (Å²) in [5.74, 6) is 0.0151. The van der Waals surface area contributed by atoms with Gasteiger partial charge in [-0.05, 0) is 39.9 Å². The number of thiol groups is 1. The molecule has 0 saturated heterocycles. The molecule has 76 valence electrons. The minimum atomic E-state index is -0.343. The molecule has 1 rings (SSSR count). The SMILES string of the molecule is O=C(CCS)Nc1ccc(F)cc1Br. The normalized spacial score (nSPS) is 9.93. The van der Waals surface area contributed by atoms with Crippen molar-refractivity contribution in [3.05, 3.63) is 28.5 Å². The van der Waals surface area contributed by atoms with Gasteiger partial charge < -0.3 is 5.32 Å². The van der Waals surface area contributed by atoms with Crippen molar-refractivity contribution in [1.29, 1.82) is 0 Å². The third kappa shape index (κ3) is 3.31. The van der Waals surface area contributed by atoms with Gasteiger partial charge in [0.25, 0.3) is 0 Å². The fourth-order valence-corrected chi connectivity index (χ4v) is 1.56. The van der Waals surface area contributed by atoms with Gasteiger partial charge >= 0.3 is 0 Å². The van der Waals surface area contributed by atoms with Crippen molar-refractivity contribution in [3.63, 3.8) is 0 Å². The van der Waals surface area contributed by atoms with Crippen molar-refractivity contribution in [2.75, 3.05) is 11.1 Å². The van der Waals surface area contributed by atoms with Crippen LogP contribution in [0.25, 0.3) is 0 Å². The molecule has 0 spiro atoms. The monoisotopic (exact) mass is 277 g/mol. The number of benzene rings is 1. The first-order valence-electron chi connectivity index (χ1n) is 3.99. The minimum absolute atomic E-state index is 0.132. The summed E-state index contributed by atoms with van der Waals surface area (Å²) in [6.45, 7) is 0. The van der Waals surface area contributed by atoms with Crippen LogP contribution in [-0.2, 0) is 4.79 Å². The molecule has 0 fully saturated rings. The summed E-state index contributed by atoms with van der Waals surface area (Å²) in [6.07, 6.45) is 0.340. The van der Waals surface area contributed by atoms with Crippen LogP contribution in [0.15, 0.2) is 22.7 Å². The molecule has 0 saturated carbocycles. The number of carbonyl (C=O) groups is 1. The van der Waals surface area contributed by atoms with Crippen LogP contribution in [0.3, 0.4) is 0 Å². The van der Waals surface area contributed by atoms with E-state index in [0.717, 1.165) is 0 Å². The molecule has 1 aromatic rings. The zero-order valence-electron chi connectivity index (χ0n) is 7.26. The van der Waals surface area contributed by atoms with E-state index in [1.54, 1.807) is 0 Å². The Morgan fingerprint density at radius 2 is 2.29 bits per heavy atom. The van der Waals surface area contributed by atoms with Crippen LogP contribution in [-0.4, -0.2) is 11.7 Å². The van der Waals surface area contributed by atoms with Crippen LogP contribution in [0.2, 0.25) is 0 Å². The van der Waals surface area contributed by atoms with E-state index in [-0.39, 0.29) is 11.7 Å². The summed E-state index contributed by atoms with van der Waals surface area (Å²) in [5.41, 5.74) is 0.568. The number of carbonyl (C=O) groups excluding carboxylic acids is 1. The lowest BCUT2D eigenvalue weighted by Crippen LogP contribution is -2.12. The van der Waals surface area contributed by atoms with Gasteiger partial charge in [0.15, 0.2) is 0 Å². The molecule has 1 aromatic carbocycles. The molecule has 1 amide bonds. The Morgan fingerprint density at radius 1 is 1.57 bits per heavy atom. The number of nitrogens with one attached hydrogen (secondary N) is 1. The summed E-state index contributed by atoms with van der Waals surface area (Å²) < 4.78 is 13.2. The van der Waals surface area contributed by atoms with E-state index >= 15 is 0 Å². The van der Waals surface area contributed by atoms with Crippen molar-refractivity contribution in [1.82, 2.24) is 0 Å². The predicted octanol–water partition coefficient (Wildman–Crippen LogP) is 2.85. The minimum Gasteiger partial charge on any atom is -0.325 e. The number of anilines is 1. The van der Waals surface area contributed by atoms with Crippen LogP contribution < -0.4 is 5.32 Å². The molecule has 0 aromatic heterocycles. The third-order valence-corrected chi connectivity index (χ3v) is 2.42. The highest BCUT2D eigenvalue weighted by Gasteiger charge is 2.05. The van der Waals surface area contributed by atoms with Gasteiger partial charge in [-0.15, -0.1) is 0 Å². The maximum Gasteiger partial charge on any atom is 0.225 e. The highest BCUT2D eigenvalue weighted by Crippen LogP contribution is 2.23. The Labute approximate surface area is 95.4 Å². The van der Waals surface area contributed by atoms with E-state index in [1.807, 2.05) is 0 Å². The average molecular weight is 278 g/mol. The van der Waals surface area contributed by atoms with Crippen LogP contribution >= 0.6 is 28.6 Å². The van der Waals surface area contributed by atoms with E-state index in [4.69, 9.17) is 0 Å². The van der Waals surface area contributed by atoms with E-state index < -0.39 is 0 Å². The molecular weight excluding hydrogens is 269 g/mol. The molecule has 5 heteroatoms. The van der Waals surface area contributed by atoms with Gasteiger partial charge in [-0.1, -0.05) is 0 Å². The summed E-state index contributed by atoms with van der Waals surface area (Å²) in [6, 6.07) is 4.10. The van der Waals surface area contributed by atoms with E-state index in [1.165, 1.54) is 18.2 Å². The first-order valence-corrected chi connectivity index (χ1v) is 5.42. The largest absolute Gasteiger partial charge is 0.325 e. The van der Waals surface area contributed by atoms with Crippen molar-refractivity contribution < 1.29 is 9.18 Å². The van der Waals surface area contributed by atoms with Crippen LogP contribution in [0.4, 0.5) is 10.1 Å². The lowest BCUT2D eigenvalue weighted by molar-refractivity contribution is -0.115. The number of rotatable bonds is 3. The van der Waals surface area contributed by atoms with Gasteiger partial charge in [-0.3, -0.25) is 4.79 Å². The fraction of sp³-hybridized carbons (Fsp3) is 0.222. The molecule has 0 bridgehead atoms. The quantitative estimate of drug-likeness (QED) is 0.818. The van der Waals surface area contributed by atoms with E-state index in [2.05, 4.69) is 33.9 Å². The molecule has 0 heterocycles. The van der Waals surface area contributed by atoms with E-state index in [9.17, 15) is 9.18 Å². The standard InChI is InChI=1S/C9H9BrFNOS/c10-7-5-6(11)1-2-8(7)12-9(13)3-4-14/h1-2,5,14H,3-4H2,(H,12,13). The lowest BCUT2D eigenvalue weighted by atomic mass is 10.3. The first-order chi connectivity index (χ1) is 6.63. The number of hydrogen-bond acceptors (Lipinski definition) is 2. The molecule has 0 aliphatic heterocycles. The first kappa shape index (κ1) is 11.5. The van der Waals surface area contributed by atoms with Gasteiger partial charge in [0.05, 0.1) is 5.69 Å². The summed E-state index contributed by atoms with van der Waals surface area (Å²) in [7, 11) is 0. The van der Waals surface area contributed by atoms with Gasteiger partial charge in [-0.2, -0.15) is 12.6 Å². The Bertz CT molecular complexity index is 346. The zero-order chi connectivity index (χ0) is 10.6. The lowest BCUT2D eigenvalue weighted by Gasteiger charge is -2.06. The van der Waals surface area contributed by atoms with Gasteiger partial charge in [0.2, 0.25) is 5.91 Å². The number of hydrogen-bond donors (Lipinski definition) is 2. The molecule has 0 unspecified atom stereocenters. The molecule has 0 aliphatic rings. The smallest absolute Gasteiger partial charge is 0.225 e. The van der Waals surface area contributed by atoms with Crippen molar-refractivity contribution in [2.45, 2.75) is 6.42 Å². The number of amides is 1. The maximum atomic E-state index is 12.7. The third-order valence-electron chi connectivity index (χ3n) is 1.54. The second-order valence-electron chi connectivity index (χ2n) is 2.65. The molecule has 1 N–H and O–H groups in total. The Morgan fingerprint density at radius 3 is 2.86 bits per heavy atom. The van der Waals surface area contributed by atoms with Crippen molar-refractivity contribution in [3.8, 4) is 0 Å². The fourth-order valence-electron chi connectivity index (χ4n) is 0.905. The second kappa shape index (κ2) is 5.36. The zero-order valence-corrected chi connectivity index (χ0v) is 9.74. The highest BCUT2D eigenvalue weighted by atomic mass is 79.9.